The summed E-state index contributed by atoms with van der Waals surface area (Å²) in [7, 11) is 0. The van der Waals surface area contributed by atoms with Crippen LogP contribution in [0.2, 0.25) is 0 Å². The Balaban J connectivity index is 2.44. The number of aromatic nitrogens is 2. The molecule has 2 N–H and O–H groups in total. The molecule has 1 aliphatic rings. The van der Waals surface area contributed by atoms with Gasteiger partial charge in [-0.1, -0.05) is 13.8 Å². The molecule has 2 heterocycles. The third-order valence-corrected chi connectivity index (χ3v) is 4.18. The Morgan fingerprint density at radius 2 is 1.80 bits per heavy atom. The Morgan fingerprint density at radius 1 is 1.15 bits per heavy atom. The molecule has 1 aromatic heterocycles. The average Bonchev–Trinajstić information content (AvgIpc) is 2.48. The van der Waals surface area contributed by atoms with Crippen molar-refractivity contribution in [1.29, 1.82) is 0 Å². The van der Waals surface area contributed by atoms with Gasteiger partial charge in [0.25, 0.3) is 0 Å². The molecule has 1 unspecified atom stereocenters. The van der Waals surface area contributed by atoms with Crippen LogP contribution in [0, 0.1) is 0 Å². The van der Waals surface area contributed by atoms with E-state index in [4.69, 9.17) is 20.4 Å². The molecule has 4 heteroatoms. The van der Waals surface area contributed by atoms with Crippen molar-refractivity contribution in [3.8, 4) is 0 Å². The SMILES string of the molecule is CCc1nc(C2(C)CCCCO2)nc(CC)c1CCN. The topological polar surface area (TPSA) is 61.0 Å². The molecule has 4 nitrogen and oxygen atoms in total. The fourth-order valence-corrected chi connectivity index (χ4v) is 2.95. The minimum atomic E-state index is -0.312. The van der Waals surface area contributed by atoms with Gasteiger partial charge in [-0.15, -0.1) is 0 Å². The standard InChI is InChI=1S/C16H27N3O/c1-4-13-12(8-10-17)14(5-2)19-15(18-13)16(3)9-6-7-11-20-16/h4-11,17H2,1-3H3. The summed E-state index contributed by atoms with van der Waals surface area (Å²) in [5.74, 6) is 0.867. The second kappa shape index (κ2) is 6.64. The molecule has 0 amide bonds. The molecular formula is C16H27N3O. The summed E-state index contributed by atoms with van der Waals surface area (Å²) in [6, 6.07) is 0. The summed E-state index contributed by atoms with van der Waals surface area (Å²) < 4.78 is 6.00. The number of hydrogen-bond acceptors (Lipinski definition) is 4. The van der Waals surface area contributed by atoms with Crippen molar-refractivity contribution < 1.29 is 4.74 Å². The monoisotopic (exact) mass is 277 g/mol. The van der Waals surface area contributed by atoms with Crippen LogP contribution in [0.4, 0.5) is 0 Å². The van der Waals surface area contributed by atoms with Gasteiger partial charge in [0.2, 0.25) is 0 Å². The number of ether oxygens (including phenoxy) is 1. The summed E-state index contributed by atoms with van der Waals surface area (Å²) in [5, 5.41) is 0. The molecule has 1 aliphatic heterocycles. The lowest BCUT2D eigenvalue weighted by molar-refractivity contribution is -0.0763. The number of nitrogens with two attached hydrogens (primary N) is 1. The highest BCUT2D eigenvalue weighted by Gasteiger charge is 2.34. The molecule has 1 fully saturated rings. The molecule has 112 valence electrons. The lowest BCUT2D eigenvalue weighted by Crippen LogP contribution is -2.33. The highest BCUT2D eigenvalue weighted by atomic mass is 16.5. The molecule has 0 aliphatic carbocycles. The Hall–Kier alpha value is -1.00. The lowest BCUT2D eigenvalue weighted by atomic mass is 9.94. The van der Waals surface area contributed by atoms with Gasteiger partial charge < -0.3 is 10.5 Å². The van der Waals surface area contributed by atoms with Gasteiger partial charge in [0.15, 0.2) is 5.82 Å². The zero-order valence-electron chi connectivity index (χ0n) is 13.0. The largest absolute Gasteiger partial charge is 0.367 e. The van der Waals surface area contributed by atoms with E-state index >= 15 is 0 Å². The van der Waals surface area contributed by atoms with Crippen molar-refractivity contribution in [2.75, 3.05) is 13.2 Å². The van der Waals surface area contributed by atoms with E-state index in [1.165, 1.54) is 12.0 Å². The average molecular weight is 277 g/mol. The van der Waals surface area contributed by atoms with Crippen molar-refractivity contribution in [2.24, 2.45) is 5.73 Å². The Bertz CT molecular complexity index is 428. The van der Waals surface area contributed by atoms with Crippen molar-refractivity contribution in [3.63, 3.8) is 0 Å². The normalized spacial score (nSPS) is 23.0. The smallest absolute Gasteiger partial charge is 0.160 e. The maximum atomic E-state index is 6.00. The summed E-state index contributed by atoms with van der Waals surface area (Å²) in [5.41, 5.74) is 8.96. The first kappa shape index (κ1) is 15.4. The molecule has 1 saturated heterocycles. The van der Waals surface area contributed by atoms with Crippen LogP contribution < -0.4 is 5.73 Å². The first-order valence-corrected chi connectivity index (χ1v) is 7.87. The van der Waals surface area contributed by atoms with Crippen molar-refractivity contribution in [1.82, 2.24) is 9.97 Å². The van der Waals surface area contributed by atoms with Crippen LogP contribution in [0.1, 0.15) is 62.8 Å². The molecule has 0 aromatic carbocycles. The molecule has 20 heavy (non-hydrogen) atoms. The van der Waals surface area contributed by atoms with E-state index in [9.17, 15) is 0 Å². The van der Waals surface area contributed by atoms with Crippen LogP contribution in [0.25, 0.3) is 0 Å². The van der Waals surface area contributed by atoms with Gasteiger partial charge in [0.1, 0.15) is 5.60 Å². The van der Waals surface area contributed by atoms with Crippen molar-refractivity contribution in [2.45, 2.75) is 64.9 Å². The summed E-state index contributed by atoms with van der Waals surface area (Å²) in [6.45, 7) is 7.89. The quantitative estimate of drug-likeness (QED) is 0.898. The van der Waals surface area contributed by atoms with E-state index < -0.39 is 0 Å². The van der Waals surface area contributed by atoms with Crippen molar-refractivity contribution >= 4 is 0 Å². The fourth-order valence-electron chi connectivity index (χ4n) is 2.95. The summed E-state index contributed by atoms with van der Waals surface area (Å²) in [4.78, 5) is 9.64. The van der Waals surface area contributed by atoms with E-state index in [1.54, 1.807) is 0 Å². The van der Waals surface area contributed by atoms with E-state index in [-0.39, 0.29) is 5.60 Å². The molecule has 0 radical (unpaired) electrons. The molecule has 0 saturated carbocycles. The molecule has 1 aromatic rings. The minimum Gasteiger partial charge on any atom is -0.367 e. The minimum absolute atomic E-state index is 0.312. The van der Waals surface area contributed by atoms with Gasteiger partial charge >= 0.3 is 0 Å². The van der Waals surface area contributed by atoms with E-state index in [1.807, 2.05) is 0 Å². The van der Waals surface area contributed by atoms with Gasteiger partial charge in [-0.25, -0.2) is 9.97 Å². The molecule has 0 spiro atoms. The van der Waals surface area contributed by atoms with Crippen LogP contribution in [-0.4, -0.2) is 23.1 Å². The van der Waals surface area contributed by atoms with Crippen LogP contribution >= 0.6 is 0 Å². The predicted octanol–water partition coefficient (Wildman–Crippen LogP) is 2.52. The van der Waals surface area contributed by atoms with Gasteiger partial charge in [-0.05, 0) is 57.6 Å². The zero-order chi connectivity index (χ0) is 14.6. The van der Waals surface area contributed by atoms with Gasteiger partial charge in [0, 0.05) is 18.0 Å². The number of aryl methyl sites for hydroxylation is 2. The third kappa shape index (κ3) is 3.01. The summed E-state index contributed by atoms with van der Waals surface area (Å²) in [6.07, 6.45) is 6.05. The first-order chi connectivity index (χ1) is 9.64. The molecule has 2 rings (SSSR count). The Morgan fingerprint density at radius 3 is 2.25 bits per heavy atom. The predicted molar refractivity (Wildman–Crippen MR) is 80.7 cm³/mol. The molecular weight excluding hydrogens is 250 g/mol. The Labute approximate surface area is 122 Å². The maximum Gasteiger partial charge on any atom is 0.160 e. The van der Waals surface area contributed by atoms with Crippen LogP contribution in [0.15, 0.2) is 0 Å². The van der Waals surface area contributed by atoms with Crippen LogP contribution in [0.5, 0.6) is 0 Å². The number of rotatable bonds is 5. The van der Waals surface area contributed by atoms with Crippen LogP contribution in [-0.2, 0) is 29.6 Å². The lowest BCUT2D eigenvalue weighted by Gasteiger charge is -2.33. The van der Waals surface area contributed by atoms with E-state index in [0.717, 1.165) is 55.9 Å². The van der Waals surface area contributed by atoms with Crippen LogP contribution in [0.3, 0.4) is 0 Å². The van der Waals surface area contributed by atoms with Gasteiger partial charge in [0.05, 0.1) is 0 Å². The van der Waals surface area contributed by atoms with E-state index in [0.29, 0.717) is 6.54 Å². The highest BCUT2D eigenvalue weighted by Crippen LogP contribution is 2.33. The van der Waals surface area contributed by atoms with Gasteiger partial charge in [-0.3, -0.25) is 0 Å². The second-order valence-corrected chi connectivity index (χ2v) is 5.70. The zero-order valence-corrected chi connectivity index (χ0v) is 13.0. The highest BCUT2D eigenvalue weighted by molar-refractivity contribution is 5.28. The van der Waals surface area contributed by atoms with Crippen molar-refractivity contribution in [3.05, 3.63) is 22.8 Å². The maximum absolute atomic E-state index is 6.00. The molecule has 0 bridgehead atoms. The number of hydrogen-bond donors (Lipinski definition) is 1. The fraction of sp³-hybridized carbons (Fsp3) is 0.750. The second-order valence-electron chi connectivity index (χ2n) is 5.70. The Kier molecular flexibility index (Phi) is 5.11. The van der Waals surface area contributed by atoms with Gasteiger partial charge in [-0.2, -0.15) is 0 Å². The molecule has 1 atom stereocenters. The van der Waals surface area contributed by atoms with E-state index in [2.05, 4.69) is 20.8 Å². The number of nitrogens with zero attached hydrogens (tertiary/aromatic N) is 2. The first-order valence-electron chi connectivity index (χ1n) is 7.87. The third-order valence-electron chi connectivity index (χ3n) is 4.18. The summed E-state index contributed by atoms with van der Waals surface area (Å²) >= 11 is 0.